The summed E-state index contributed by atoms with van der Waals surface area (Å²) in [6.45, 7) is 4.64. The zero-order chi connectivity index (χ0) is 16.7. The van der Waals surface area contributed by atoms with Gasteiger partial charge in [0, 0.05) is 6.10 Å². The van der Waals surface area contributed by atoms with Gasteiger partial charge in [-0.1, -0.05) is 6.92 Å². The number of aliphatic hydroxyl groups is 1. The molecule has 0 saturated heterocycles. The molecule has 0 rings (SSSR count). The van der Waals surface area contributed by atoms with E-state index in [4.69, 9.17) is 25.5 Å². The van der Waals surface area contributed by atoms with Crippen molar-refractivity contribution in [1.82, 2.24) is 0 Å². The molecule has 0 heterocycles. The second-order valence-electron chi connectivity index (χ2n) is 4.12. The number of rotatable bonds is 6. The van der Waals surface area contributed by atoms with Gasteiger partial charge in [0.05, 0.1) is 5.92 Å². The van der Waals surface area contributed by atoms with Crippen LogP contribution < -0.4 is 0 Å². The van der Waals surface area contributed by atoms with E-state index >= 15 is 0 Å². The van der Waals surface area contributed by atoms with E-state index in [0.717, 1.165) is 0 Å². The monoisotopic (exact) mass is 294 g/mol. The topological polar surface area (TPSA) is 169 Å². The SMILES string of the molecule is CC(C)O.CCC(C(=O)O)C(C(=O)O)(C(=O)O)C(=O)O. The molecule has 0 aliphatic carbocycles. The second kappa shape index (κ2) is 8.10. The first kappa shape index (κ1) is 20.2. The predicted octanol–water partition coefficient (Wildman–Crippen LogP) is -0.275. The van der Waals surface area contributed by atoms with Gasteiger partial charge in [0.2, 0.25) is 0 Å². The third-order valence-corrected chi connectivity index (χ3v) is 2.24. The third kappa shape index (κ3) is 4.50. The molecule has 0 spiro atoms. The van der Waals surface area contributed by atoms with E-state index < -0.39 is 41.6 Å². The van der Waals surface area contributed by atoms with Crippen LogP contribution in [0.1, 0.15) is 27.2 Å². The number of aliphatic hydroxyl groups excluding tert-OH is 1. The van der Waals surface area contributed by atoms with Gasteiger partial charge in [0.1, 0.15) is 0 Å². The summed E-state index contributed by atoms with van der Waals surface area (Å²) >= 11 is 0. The Hall–Kier alpha value is -2.16. The quantitative estimate of drug-likeness (QED) is 0.413. The van der Waals surface area contributed by atoms with Crippen LogP contribution in [0.3, 0.4) is 0 Å². The van der Waals surface area contributed by atoms with Gasteiger partial charge in [-0.05, 0) is 20.3 Å². The largest absolute Gasteiger partial charge is 0.481 e. The smallest absolute Gasteiger partial charge is 0.333 e. The van der Waals surface area contributed by atoms with Crippen LogP contribution in [0, 0.1) is 11.3 Å². The average Bonchev–Trinajstić information content (AvgIpc) is 2.21. The third-order valence-electron chi connectivity index (χ3n) is 2.24. The summed E-state index contributed by atoms with van der Waals surface area (Å²) in [6, 6.07) is 0. The summed E-state index contributed by atoms with van der Waals surface area (Å²) in [4.78, 5) is 43.1. The minimum atomic E-state index is -3.36. The van der Waals surface area contributed by atoms with E-state index in [9.17, 15) is 19.2 Å². The highest BCUT2D eigenvalue weighted by molar-refractivity contribution is 6.18. The van der Waals surface area contributed by atoms with Gasteiger partial charge < -0.3 is 25.5 Å². The van der Waals surface area contributed by atoms with Gasteiger partial charge in [-0.2, -0.15) is 0 Å². The standard InChI is InChI=1S/C8H10O8.C3H8O/c1-2-3(4(9)10)8(5(11)12,6(13)14)7(15)16;1-3(2)4/h3H,2H2,1H3,(H,9,10)(H,11,12)(H,13,14)(H,15,16);3-4H,1-2H3. The molecule has 116 valence electrons. The fourth-order valence-electron chi connectivity index (χ4n) is 1.39. The first-order chi connectivity index (χ1) is 8.95. The van der Waals surface area contributed by atoms with Crippen molar-refractivity contribution in [2.45, 2.75) is 33.3 Å². The van der Waals surface area contributed by atoms with Crippen LogP contribution in [0.5, 0.6) is 0 Å². The fourth-order valence-corrected chi connectivity index (χ4v) is 1.39. The molecule has 0 aliphatic rings. The van der Waals surface area contributed by atoms with E-state index in [0.29, 0.717) is 0 Å². The first-order valence-electron chi connectivity index (χ1n) is 5.57. The Morgan fingerprint density at radius 1 is 0.900 bits per heavy atom. The number of aliphatic carboxylic acids is 4. The summed E-state index contributed by atoms with van der Waals surface area (Å²) in [7, 11) is 0. The van der Waals surface area contributed by atoms with Gasteiger partial charge >= 0.3 is 23.9 Å². The number of hydrogen-bond acceptors (Lipinski definition) is 5. The summed E-state index contributed by atoms with van der Waals surface area (Å²) in [6.07, 6.45) is -0.597. The highest BCUT2D eigenvalue weighted by Crippen LogP contribution is 2.32. The average molecular weight is 294 g/mol. The van der Waals surface area contributed by atoms with Crippen molar-refractivity contribution >= 4 is 23.9 Å². The molecule has 0 aliphatic heterocycles. The molecule has 5 N–H and O–H groups in total. The van der Waals surface area contributed by atoms with E-state index in [1.165, 1.54) is 6.92 Å². The van der Waals surface area contributed by atoms with E-state index in [2.05, 4.69) is 0 Å². The maximum Gasteiger partial charge on any atom is 0.333 e. The van der Waals surface area contributed by atoms with Crippen molar-refractivity contribution in [2.24, 2.45) is 11.3 Å². The summed E-state index contributed by atoms with van der Waals surface area (Å²) < 4.78 is 0. The molecule has 0 saturated carbocycles. The van der Waals surface area contributed by atoms with Crippen LogP contribution in [0.2, 0.25) is 0 Å². The first-order valence-corrected chi connectivity index (χ1v) is 5.57. The molecule has 9 heteroatoms. The molecule has 1 atom stereocenters. The molecule has 9 nitrogen and oxygen atoms in total. The number of carbonyl (C=O) groups is 4. The van der Waals surface area contributed by atoms with Crippen LogP contribution in [-0.4, -0.2) is 55.5 Å². The Labute approximate surface area is 114 Å². The van der Waals surface area contributed by atoms with Crippen LogP contribution >= 0.6 is 0 Å². The van der Waals surface area contributed by atoms with E-state index in [1.807, 2.05) is 0 Å². The van der Waals surface area contributed by atoms with Crippen molar-refractivity contribution in [3.63, 3.8) is 0 Å². The lowest BCUT2D eigenvalue weighted by Gasteiger charge is -2.25. The summed E-state index contributed by atoms with van der Waals surface area (Å²) in [5.74, 6) is -10.4. The molecule has 1 unspecified atom stereocenters. The van der Waals surface area contributed by atoms with E-state index in [-0.39, 0.29) is 6.10 Å². The predicted molar refractivity (Wildman–Crippen MR) is 64.1 cm³/mol. The molecular weight excluding hydrogens is 276 g/mol. The molecule has 0 aromatic carbocycles. The lowest BCUT2D eigenvalue weighted by molar-refractivity contribution is -0.185. The Morgan fingerprint density at radius 3 is 1.20 bits per heavy atom. The van der Waals surface area contributed by atoms with Crippen molar-refractivity contribution in [1.29, 1.82) is 0 Å². The van der Waals surface area contributed by atoms with Gasteiger partial charge in [-0.3, -0.25) is 19.2 Å². The van der Waals surface area contributed by atoms with Crippen LogP contribution in [0.25, 0.3) is 0 Å². The fraction of sp³-hybridized carbons (Fsp3) is 0.636. The van der Waals surface area contributed by atoms with E-state index in [1.54, 1.807) is 13.8 Å². The molecule has 0 aromatic rings. The lowest BCUT2D eigenvalue weighted by Crippen LogP contribution is -2.54. The normalized spacial score (nSPS) is 12.1. The van der Waals surface area contributed by atoms with Gasteiger partial charge in [0.25, 0.3) is 5.41 Å². The molecule has 0 aromatic heterocycles. The number of carboxylic acid groups (broad SMARTS) is 4. The van der Waals surface area contributed by atoms with Gasteiger partial charge in [0.15, 0.2) is 0 Å². The minimum absolute atomic E-state index is 0.167. The van der Waals surface area contributed by atoms with Crippen LogP contribution in [-0.2, 0) is 19.2 Å². The zero-order valence-electron chi connectivity index (χ0n) is 11.2. The Balaban J connectivity index is 0. The maximum atomic E-state index is 10.8. The molecule has 0 radical (unpaired) electrons. The van der Waals surface area contributed by atoms with Crippen LogP contribution in [0.15, 0.2) is 0 Å². The van der Waals surface area contributed by atoms with Crippen LogP contribution in [0.4, 0.5) is 0 Å². The highest BCUT2D eigenvalue weighted by atomic mass is 16.4. The molecule has 0 fully saturated rings. The van der Waals surface area contributed by atoms with Crippen molar-refractivity contribution in [3.05, 3.63) is 0 Å². The molecule has 20 heavy (non-hydrogen) atoms. The van der Waals surface area contributed by atoms with Crippen molar-refractivity contribution < 1.29 is 44.7 Å². The molecule has 0 bridgehead atoms. The second-order valence-corrected chi connectivity index (χ2v) is 4.12. The number of carboxylic acids is 4. The summed E-state index contributed by atoms with van der Waals surface area (Å²) in [5.41, 5.74) is -3.36. The van der Waals surface area contributed by atoms with Gasteiger partial charge in [-0.25, -0.2) is 0 Å². The van der Waals surface area contributed by atoms with Crippen molar-refractivity contribution in [2.75, 3.05) is 0 Å². The molecule has 0 amide bonds. The Kier molecular flexibility index (Phi) is 8.17. The zero-order valence-corrected chi connectivity index (χ0v) is 11.2. The Bertz CT molecular complexity index is 347. The Morgan fingerprint density at radius 2 is 1.15 bits per heavy atom. The van der Waals surface area contributed by atoms with Crippen molar-refractivity contribution in [3.8, 4) is 0 Å². The maximum absolute atomic E-state index is 10.8. The minimum Gasteiger partial charge on any atom is -0.481 e. The highest BCUT2D eigenvalue weighted by Gasteiger charge is 2.62. The number of hydrogen-bond donors (Lipinski definition) is 5. The van der Waals surface area contributed by atoms with Gasteiger partial charge in [-0.15, -0.1) is 0 Å². The lowest BCUT2D eigenvalue weighted by atomic mass is 9.74. The summed E-state index contributed by atoms with van der Waals surface area (Å²) in [5, 5.41) is 42.8. The molecular formula is C11H18O9.